The van der Waals surface area contributed by atoms with Crippen molar-refractivity contribution in [2.75, 3.05) is 13.2 Å². The molecule has 0 saturated heterocycles. The molecule has 20 heavy (non-hydrogen) atoms. The zero-order valence-electron chi connectivity index (χ0n) is 11.1. The summed E-state index contributed by atoms with van der Waals surface area (Å²) in [7, 11) is 0. The molecule has 0 aromatic heterocycles. The lowest BCUT2D eigenvalue weighted by Crippen LogP contribution is -2.35. The van der Waals surface area contributed by atoms with Crippen LogP contribution in [0.5, 0.6) is 17.2 Å². The number of fused-ring (bicyclic) bond motifs is 1. The summed E-state index contributed by atoms with van der Waals surface area (Å²) >= 11 is 0. The van der Waals surface area contributed by atoms with Gasteiger partial charge in [-0.15, -0.1) is 0 Å². The molecule has 4 nitrogen and oxygen atoms in total. The van der Waals surface area contributed by atoms with Crippen LogP contribution in [0.4, 0.5) is 0 Å². The van der Waals surface area contributed by atoms with Gasteiger partial charge in [-0.3, -0.25) is 0 Å². The van der Waals surface area contributed by atoms with E-state index < -0.39 is 0 Å². The maximum atomic E-state index is 5.76. The molecule has 0 spiro atoms. The summed E-state index contributed by atoms with van der Waals surface area (Å²) < 4.78 is 17.1. The van der Waals surface area contributed by atoms with Gasteiger partial charge in [0.25, 0.3) is 0 Å². The van der Waals surface area contributed by atoms with Gasteiger partial charge in [-0.25, -0.2) is 0 Å². The zero-order valence-corrected chi connectivity index (χ0v) is 11.1. The average Bonchev–Trinajstić information content (AvgIpc) is 2.53. The monoisotopic (exact) mass is 271 g/mol. The highest BCUT2D eigenvalue weighted by Crippen LogP contribution is 2.35. The van der Waals surface area contributed by atoms with Crippen LogP contribution in [0, 0.1) is 0 Å². The van der Waals surface area contributed by atoms with Crippen molar-refractivity contribution < 1.29 is 14.2 Å². The van der Waals surface area contributed by atoms with Crippen LogP contribution in [0.3, 0.4) is 0 Å². The van der Waals surface area contributed by atoms with E-state index in [1.54, 1.807) is 0 Å². The van der Waals surface area contributed by atoms with E-state index in [2.05, 4.69) is 0 Å². The average molecular weight is 271 g/mol. The molecule has 0 unspecified atom stereocenters. The molecule has 1 aliphatic heterocycles. The SMILES string of the molecule is NC[C@@H]1COc2ccc(OCc3ccccc3)cc2O1. The van der Waals surface area contributed by atoms with Crippen LogP contribution >= 0.6 is 0 Å². The molecule has 0 radical (unpaired) electrons. The van der Waals surface area contributed by atoms with Crippen molar-refractivity contribution >= 4 is 0 Å². The van der Waals surface area contributed by atoms with Gasteiger partial charge in [-0.1, -0.05) is 30.3 Å². The Kier molecular flexibility index (Phi) is 3.74. The van der Waals surface area contributed by atoms with Gasteiger partial charge in [0, 0.05) is 12.6 Å². The van der Waals surface area contributed by atoms with Crippen LogP contribution in [-0.2, 0) is 6.61 Å². The fourth-order valence-corrected chi connectivity index (χ4v) is 2.04. The van der Waals surface area contributed by atoms with E-state index >= 15 is 0 Å². The van der Waals surface area contributed by atoms with Crippen molar-refractivity contribution in [3.05, 3.63) is 54.1 Å². The molecule has 104 valence electrons. The summed E-state index contributed by atoms with van der Waals surface area (Å²) in [6.45, 7) is 1.46. The number of benzene rings is 2. The fraction of sp³-hybridized carbons (Fsp3) is 0.250. The van der Waals surface area contributed by atoms with Gasteiger partial charge in [0.15, 0.2) is 11.5 Å². The summed E-state index contributed by atoms with van der Waals surface area (Å²) in [4.78, 5) is 0. The molecule has 0 saturated carbocycles. The molecule has 3 rings (SSSR count). The van der Waals surface area contributed by atoms with Crippen LogP contribution in [0.1, 0.15) is 5.56 Å². The Hall–Kier alpha value is -2.20. The summed E-state index contributed by atoms with van der Waals surface area (Å²) in [5.74, 6) is 2.19. The first-order chi connectivity index (χ1) is 9.85. The molecule has 4 heteroatoms. The van der Waals surface area contributed by atoms with E-state index in [-0.39, 0.29) is 6.10 Å². The topological polar surface area (TPSA) is 53.7 Å². The summed E-state index contributed by atoms with van der Waals surface area (Å²) in [5.41, 5.74) is 6.72. The Labute approximate surface area is 118 Å². The minimum atomic E-state index is -0.0909. The third kappa shape index (κ3) is 2.86. The van der Waals surface area contributed by atoms with E-state index in [0.29, 0.717) is 25.5 Å². The second kappa shape index (κ2) is 5.84. The molecule has 0 aliphatic carbocycles. The summed E-state index contributed by atoms with van der Waals surface area (Å²) in [6.07, 6.45) is -0.0909. The predicted octanol–water partition coefficient (Wildman–Crippen LogP) is 2.36. The van der Waals surface area contributed by atoms with E-state index in [9.17, 15) is 0 Å². The minimum Gasteiger partial charge on any atom is -0.489 e. The molecule has 2 aromatic carbocycles. The van der Waals surface area contributed by atoms with Gasteiger partial charge in [0.2, 0.25) is 0 Å². The molecule has 2 N–H and O–H groups in total. The number of rotatable bonds is 4. The predicted molar refractivity (Wildman–Crippen MR) is 76.2 cm³/mol. The normalized spacial score (nSPS) is 16.8. The molecule has 1 atom stereocenters. The van der Waals surface area contributed by atoms with E-state index in [0.717, 1.165) is 17.1 Å². The van der Waals surface area contributed by atoms with Gasteiger partial charge < -0.3 is 19.9 Å². The van der Waals surface area contributed by atoms with Crippen molar-refractivity contribution in [2.45, 2.75) is 12.7 Å². The Morgan fingerprint density at radius 2 is 1.95 bits per heavy atom. The van der Waals surface area contributed by atoms with Crippen LogP contribution < -0.4 is 19.9 Å². The lowest BCUT2D eigenvalue weighted by Gasteiger charge is -2.25. The van der Waals surface area contributed by atoms with Crippen LogP contribution in [0.2, 0.25) is 0 Å². The first-order valence-corrected chi connectivity index (χ1v) is 6.65. The van der Waals surface area contributed by atoms with Crippen molar-refractivity contribution in [1.82, 2.24) is 0 Å². The third-order valence-corrected chi connectivity index (χ3v) is 3.14. The number of hydrogen-bond acceptors (Lipinski definition) is 4. The Balaban J connectivity index is 1.69. The number of nitrogens with two attached hydrogens (primary N) is 1. The van der Waals surface area contributed by atoms with Gasteiger partial charge in [-0.05, 0) is 17.7 Å². The standard InChI is InChI=1S/C16H17NO3/c17-9-14-11-19-15-7-6-13(8-16(15)20-14)18-10-12-4-2-1-3-5-12/h1-8,14H,9-11,17H2/t14-/m1/s1. The van der Waals surface area contributed by atoms with Crippen molar-refractivity contribution in [1.29, 1.82) is 0 Å². The highest BCUT2D eigenvalue weighted by Gasteiger charge is 2.20. The zero-order chi connectivity index (χ0) is 13.8. The summed E-state index contributed by atoms with van der Waals surface area (Å²) in [6, 6.07) is 15.6. The molecule has 1 heterocycles. The van der Waals surface area contributed by atoms with E-state index in [1.807, 2.05) is 48.5 Å². The van der Waals surface area contributed by atoms with Crippen molar-refractivity contribution in [3.8, 4) is 17.2 Å². The molecule has 0 bridgehead atoms. The van der Waals surface area contributed by atoms with Gasteiger partial charge in [-0.2, -0.15) is 0 Å². The molecule has 2 aromatic rings. The van der Waals surface area contributed by atoms with Crippen molar-refractivity contribution in [2.24, 2.45) is 5.73 Å². The van der Waals surface area contributed by atoms with Crippen LogP contribution in [0.25, 0.3) is 0 Å². The first-order valence-electron chi connectivity index (χ1n) is 6.65. The molecular formula is C16H17NO3. The largest absolute Gasteiger partial charge is 0.489 e. The van der Waals surface area contributed by atoms with E-state index in [4.69, 9.17) is 19.9 Å². The van der Waals surface area contributed by atoms with Crippen LogP contribution in [-0.4, -0.2) is 19.3 Å². The van der Waals surface area contributed by atoms with Gasteiger partial charge in [0.05, 0.1) is 0 Å². The second-order valence-corrected chi connectivity index (χ2v) is 4.67. The third-order valence-electron chi connectivity index (χ3n) is 3.14. The fourth-order valence-electron chi connectivity index (χ4n) is 2.04. The minimum absolute atomic E-state index is 0.0909. The van der Waals surface area contributed by atoms with Gasteiger partial charge >= 0.3 is 0 Å². The molecular weight excluding hydrogens is 254 g/mol. The van der Waals surface area contributed by atoms with Crippen LogP contribution in [0.15, 0.2) is 48.5 Å². The number of hydrogen-bond donors (Lipinski definition) is 1. The Morgan fingerprint density at radius 3 is 2.75 bits per heavy atom. The molecule has 1 aliphatic rings. The lowest BCUT2D eigenvalue weighted by molar-refractivity contribution is 0.0962. The lowest BCUT2D eigenvalue weighted by atomic mass is 10.2. The highest BCUT2D eigenvalue weighted by atomic mass is 16.6. The molecule has 0 fully saturated rings. The Bertz CT molecular complexity index is 571. The second-order valence-electron chi connectivity index (χ2n) is 4.67. The van der Waals surface area contributed by atoms with Crippen molar-refractivity contribution in [3.63, 3.8) is 0 Å². The van der Waals surface area contributed by atoms with Gasteiger partial charge in [0.1, 0.15) is 25.1 Å². The van der Waals surface area contributed by atoms with E-state index in [1.165, 1.54) is 0 Å². The Morgan fingerprint density at radius 1 is 1.10 bits per heavy atom. The maximum Gasteiger partial charge on any atom is 0.165 e. The maximum absolute atomic E-state index is 5.76. The quantitative estimate of drug-likeness (QED) is 0.927. The highest BCUT2D eigenvalue weighted by molar-refractivity contribution is 5.46. The number of ether oxygens (including phenoxy) is 3. The smallest absolute Gasteiger partial charge is 0.165 e. The first kappa shape index (κ1) is 12.8. The summed E-state index contributed by atoms with van der Waals surface area (Å²) in [5, 5.41) is 0. The molecule has 0 amide bonds.